The van der Waals surface area contributed by atoms with Crippen LogP contribution in [-0.2, 0) is 4.74 Å². The number of aromatic nitrogens is 1. The van der Waals surface area contributed by atoms with Crippen LogP contribution in [-0.4, -0.2) is 24.6 Å². The Morgan fingerprint density at radius 1 is 1.24 bits per heavy atom. The number of hydrogen-bond donors (Lipinski definition) is 0. The van der Waals surface area contributed by atoms with Gasteiger partial charge in [0.05, 0.1) is 7.11 Å². The van der Waals surface area contributed by atoms with Gasteiger partial charge in [-0.15, -0.1) is 13.2 Å². The van der Waals surface area contributed by atoms with Crippen molar-refractivity contribution in [2.75, 3.05) is 7.11 Å². The summed E-state index contributed by atoms with van der Waals surface area (Å²) in [5.74, 6) is -0.752. The predicted molar refractivity (Wildman–Crippen MR) is 64.7 cm³/mol. The third kappa shape index (κ3) is 3.33. The summed E-state index contributed by atoms with van der Waals surface area (Å²) in [7, 11) is 1.21. The zero-order chi connectivity index (χ0) is 15.6. The summed E-state index contributed by atoms with van der Waals surface area (Å²) < 4.78 is 49.5. The molecule has 0 aliphatic rings. The Morgan fingerprint density at radius 3 is 2.38 bits per heavy atom. The second kappa shape index (κ2) is 5.47. The van der Waals surface area contributed by atoms with E-state index in [4.69, 9.17) is 4.52 Å². The van der Waals surface area contributed by atoms with Gasteiger partial charge in [-0.3, -0.25) is 0 Å². The minimum Gasteiger partial charge on any atom is -0.465 e. The summed E-state index contributed by atoms with van der Waals surface area (Å²) >= 11 is 0. The molecule has 1 heterocycles. The van der Waals surface area contributed by atoms with E-state index >= 15 is 0 Å². The van der Waals surface area contributed by atoms with Crippen molar-refractivity contribution in [3.05, 3.63) is 35.6 Å². The fraction of sp³-hybridized carbons (Fsp3) is 0.231. The van der Waals surface area contributed by atoms with Crippen LogP contribution in [0.15, 0.2) is 28.8 Å². The number of ether oxygens (including phenoxy) is 2. The molecule has 2 rings (SSSR count). The summed E-state index contributed by atoms with van der Waals surface area (Å²) in [6.45, 7) is 1.53. The Morgan fingerprint density at radius 2 is 1.86 bits per heavy atom. The Kier molecular flexibility index (Phi) is 3.88. The summed E-state index contributed by atoms with van der Waals surface area (Å²) in [6, 6.07) is 4.91. The maximum atomic E-state index is 12.1. The molecule has 0 amide bonds. The number of hydrogen-bond acceptors (Lipinski definition) is 5. The Bertz CT molecular complexity index is 646. The van der Waals surface area contributed by atoms with Gasteiger partial charge in [-0.1, -0.05) is 5.16 Å². The number of aryl methyl sites for hydroxylation is 1. The molecule has 0 unspecified atom stereocenters. The van der Waals surface area contributed by atoms with Crippen LogP contribution in [0.1, 0.15) is 16.1 Å². The number of rotatable bonds is 3. The first-order valence-electron chi connectivity index (χ1n) is 5.72. The van der Waals surface area contributed by atoms with Crippen molar-refractivity contribution < 1.29 is 32.0 Å². The molecule has 0 saturated carbocycles. The molecule has 0 saturated heterocycles. The van der Waals surface area contributed by atoms with E-state index in [-0.39, 0.29) is 22.8 Å². The Hall–Kier alpha value is -2.51. The van der Waals surface area contributed by atoms with Crippen molar-refractivity contribution in [2.24, 2.45) is 0 Å². The van der Waals surface area contributed by atoms with E-state index in [0.717, 1.165) is 12.1 Å². The second-order valence-corrected chi connectivity index (χ2v) is 4.03. The van der Waals surface area contributed by atoms with Crippen LogP contribution in [0.4, 0.5) is 13.2 Å². The van der Waals surface area contributed by atoms with E-state index in [9.17, 15) is 18.0 Å². The molecule has 0 bridgehead atoms. The summed E-state index contributed by atoms with van der Waals surface area (Å²) in [5, 5.41) is 3.72. The average Bonchev–Trinajstić information content (AvgIpc) is 2.79. The van der Waals surface area contributed by atoms with Gasteiger partial charge in [0.2, 0.25) is 0 Å². The van der Waals surface area contributed by atoms with Crippen LogP contribution in [0, 0.1) is 6.92 Å². The van der Waals surface area contributed by atoms with Gasteiger partial charge in [-0.25, -0.2) is 4.79 Å². The molecule has 0 aliphatic carbocycles. The molecule has 21 heavy (non-hydrogen) atoms. The summed E-state index contributed by atoms with van der Waals surface area (Å²) in [5.41, 5.74) is 0.724. The topological polar surface area (TPSA) is 61.6 Å². The molecule has 0 aliphatic heterocycles. The highest BCUT2D eigenvalue weighted by molar-refractivity contribution is 5.96. The second-order valence-electron chi connectivity index (χ2n) is 4.03. The molecule has 0 N–H and O–H groups in total. The lowest BCUT2D eigenvalue weighted by Crippen LogP contribution is -2.16. The maximum absolute atomic E-state index is 12.1. The number of carbonyl (C=O) groups is 1. The number of esters is 1. The largest absolute Gasteiger partial charge is 0.573 e. The molecule has 8 heteroatoms. The van der Waals surface area contributed by atoms with Gasteiger partial charge in [-0.05, 0) is 31.2 Å². The first kappa shape index (κ1) is 14.9. The smallest absolute Gasteiger partial charge is 0.465 e. The van der Waals surface area contributed by atoms with E-state index in [2.05, 4.69) is 14.6 Å². The van der Waals surface area contributed by atoms with Crippen molar-refractivity contribution in [3.8, 4) is 17.0 Å². The van der Waals surface area contributed by atoms with Crippen LogP contribution in [0.5, 0.6) is 5.75 Å². The van der Waals surface area contributed by atoms with Crippen LogP contribution < -0.4 is 4.74 Å². The number of carbonyl (C=O) groups excluding carboxylic acids is 1. The van der Waals surface area contributed by atoms with Crippen LogP contribution in [0.2, 0.25) is 0 Å². The van der Waals surface area contributed by atoms with Crippen molar-refractivity contribution in [1.29, 1.82) is 0 Å². The van der Waals surface area contributed by atoms with Gasteiger partial charge in [0.15, 0.2) is 0 Å². The Labute approximate surface area is 117 Å². The quantitative estimate of drug-likeness (QED) is 0.814. The van der Waals surface area contributed by atoms with Crippen molar-refractivity contribution in [3.63, 3.8) is 0 Å². The third-order valence-electron chi connectivity index (χ3n) is 2.61. The normalized spacial score (nSPS) is 11.3. The summed E-state index contributed by atoms with van der Waals surface area (Å²) in [6.07, 6.45) is -4.76. The van der Waals surface area contributed by atoms with E-state index < -0.39 is 12.3 Å². The number of halogens is 3. The van der Waals surface area contributed by atoms with E-state index in [1.54, 1.807) is 0 Å². The number of alkyl halides is 3. The Balaban J connectivity index is 2.34. The van der Waals surface area contributed by atoms with E-state index in [0.29, 0.717) is 5.56 Å². The summed E-state index contributed by atoms with van der Waals surface area (Å²) in [4.78, 5) is 11.6. The lowest BCUT2D eigenvalue weighted by atomic mass is 10.1. The van der Waals surface area contributed by atoms with Gasteiger partial charge < -0.3 is 14.0 Å². The van der Waals surface area contributed by atoms with Gasteiger partial charge in [-0.2, -0.15) is 0 Å². The van der Waals surface area contributed by atoms with Crippen molar-refractivity contribution in [2.45, 2.75) is 13.3 Å². The molecular weight excluding hydrogens is 291 g/mol. The molecule has 1 aromatic heterocycles. The fourth-order valence-corrected chi connectivity index (χ4v) is 1.73. The van der Waals surface area contributed by atoms with Gasteiger partial charge >= 0.3 is 12.3 Å². The fourth-order valence-electron chi connectivity index (χ4n) is 1.73. The lowest BCUT2D eigenvalue weighted by Gasteiger charge is -2.08. The molecule has 0 radical (unpaired) electrons. The molecule has 2 aromatic rings. The highest BCUT2D eigenvalue weighted by Crippen LogP contribution is 2.29. The van der Waals surface area contributed by atoms with E-state index in [1.165, 1.54) is 26.2 Å². The first-order valence-corrected chi connectivity index (χ1v) is 5.72. The number of methoxy groups -OCH3 is 1. The van der Waals surface area contributed by atoms with E-state index in [1.807, 2.05) is 0 Å². The standard InChI is InChI=1S/C13H10F3NO4/c1-7-10(12(18)19-2)11(17-21-7)8-3-5-9(6-4-8)20-13(14,15)16/h3-6H,1-2H3. The van der Waals surface area contributed by atoms with Crippen molar-refractivity contribution >= 4 is 5.97 Å². The molecule has 0 atom stereocenters. The molecule has 112 valence electrons. The van der Waals surface area contributed by atoms with Crippen LogP contribution >= 0.6 is 0 Å². The average molecular weight is 301 g/mol. The van der Waals surface area contributed by atoms with Crippen molar-refractivity contribution in [1.82, 2.24) is 5.16 Å². The number of nitrogens with zero attached hydrogens (tertiary/aromatic N) is 1. The third-order valence-corrected chi connectivity index (χ3v) is 2.61. The van der Waals surface area contributed by atoms with Crippen LogP contribution in [0.25, 0.3) is 11.3 Å². The predicted octanol–water partition coefficient (Wildman–Crippen LogP) is 3.34. The molecular formula is C13H10F3NO4. The highest BCUT2D eigenvalue weighted by Gasteiger charge is 2.31. The zero-order valence-electron chi connectivity index (χ0n) is 11.0. The molecule has 5 nitrogen and oxygen atoms in total. The lowest BCUT2D eigenvalue weighted by molar-refractivity contribution is -0.274. The number of benzene rings is 1. The molecule has 0 fully saturated rings. The van der Waals surface area contributed by atoms with Gasteiger partial charge in [0.1, 0.15) is 22.8 Å². The first-order chi connectivity index (χ1) is 9.81. The zero-order valence-corrected chi connectivity index (χ0v) is 11.0. The molecule has 0 spiro atoms. The maximum Gasteiger partial charge on any atom is 0.573 e. The minimum absolute atomic E-state index is 0.127. The highest BCUT2D eigenvalue weighted by atomic mass is 19.4. The monoisotopic (exact) mass is 301 g/mol. The van der Waals surface area contributed by atoms with Gasteiger partial charge in [0.25, 0.3) is 0 Å². The minimum atomic E-state index is -4.76. The SMILES string of the molecule is COC(=O)c1c(-c2ccc(OC(F)(F)F)cc2)noc1C. The van der Waals surface area contributed by atoms with Gasteiger partial charge in [0, 0.05) is 5.56 Å². The van der Waals surface area contributed by atoms with Crippen LogP contribution in [0.3, 0.4) is 0 Å². The molecule has 1 aromatic carbocycles.